The maximum Gasteiger partial charge on any atom is 0.239 e. The smallest absolute Gasteiger partial charge is 0.239 e. The minimum atomic E-state index is 0.0854. The van der Waals surface area contributed by atoms with Crippen LogP contribution in [0.15, 0.2) is 0 Å². The van der Waals surface area contributed by atoms with E-state index in [1.54, 1.807) is 7.11 Å². The number of amides is 1. The predicted octanol–water partition coefficient (Wildman–Crippen LogP) is 0.622. The number of nitrogens with one attached hydrogen (secondary N) is 1. The van der Waals surface area contributed by atoms with Crippen molar-refractivity contribution in [3.05, 3.63) is 0 Å². The van der Waals surface area contributed by atoms with E-state index in [0.29, 0.717) is 23.8 Å². The molecule has 1 aliphatic carbocycles. The Balaban J connectivity index is 1.57. The van der Waals surface area contributed by atoms with Crippen molar-refractivity contribution in [2.75, 3.05) is 26.7 Å². The van der Waals surface area contributed by atoms with Crippen molar-refractivity contribution in [3.63, 3.8) is 0 Å². The number of fused-ring (bicyclic) bond motifs is 2. The molecule has 4 nitrogen and oxygen atoms in total. The van der Waals surface area contributed by atoms with E-state index in [0.717, 1.165) is 26.1 Å². The number of rotatable bonds is 2. The van der Waals surface area contributed by atoms with Crippen LogP contribution in [0.1, 0.15) is 25.7 Å². The van der Waals surface area contributed by atoms with Crippen molar-refractivity contribution >= 4 is 5.91 Å². The van der Waals surface area contributed by atoms with Crippen LogP contribution >= 0.6 is 0 Å². The van der Waals surface area contributed by atoms with Gasteiger partial charge in [0, 0.05) is 32.0 Å². The standard InChI is InChI=1S/C13H22N2O2/c1-17-12-9-6-10(12)8-15(7-9)13(16)11-4-2-3-5-14-11/h9-12,14H,2-8H2,1H3/t9-,10-,11-/m0/s1. The van der Waals surface area contributed by atoms with Crippen LogP contribution in [0.3, 0.4) is 0 Å². The molecule has 17 heavy (non-hydrogen) atoms. The monoisotopic (exact) mass is 238 g/mol. The molecule has 96 valence electrons. The third kappa shape index (κ3) is 1.97. The van der Waals surface area contributed by atoms with Crippen molar-refractivity contribution in [2.24, 2.45) is 11.8 Å². The second-order valence-electron chi connectivity index (χ2n) is 5.70. The summed E-state index contributed by atoms with van der Waals surface area (Å²) in [7, 11) is 1.80. The van der Waals surface area contributed by atoms with E-state index in [2.05, 4.69) is 10.2 Å². The van der Waals surface area contributed by atoms with Crippen molar-refractivity contribution in [2.45, 2.75) is 37.8 Å². The fourth-order valence-corrected chi connectivity index (χ4v) is 3.69. The van der Waals surface area contributed by atoms with E-state index in [1.165, 1.54) is 19.3 Å². The van der Waals surface area contributed by atoms with Gasteiger partial charge in [0.2, 0.25) is 5.91 Å². The molecule has 0 aromatic heterocycles. The molecule has 0 radical (unpaired) electrons. The van der Waals surface area contributed by atoms with Crippen LogP contribution in [0, 0.1) is 11.8 Å². The highest BCUT2D eigenvalue weighted by Crippen LogP contribution is 2.42. The van der Waals surface area contributed by atoms with Gasteiger partial charge in [-0.3, -0.25) is 4.79 Å². The fourth-order valence-electron chi connectivity index (χ4n) is 3.69. The summed E-state index contributed by atoms with van der Waals surface area (Å²) in [4.78, 5) is 14.4. The van der Waals surface area contributed by atoms with Crippen LogP contribution in [-0.4, -0.2) is 49.7 Å². The molecule has 1 saturated carbocycles. The summed E-state index contributed by atoms with van der Waals surface area (Å²) in [6, 6.07) is 0.0854. The zero-order valence-electron chi connectivity index (χ0n) is 10.5. The first-order valence-electron chi connectivity index (χ1n) is 6.84. The summed E-state index contributed by atoms with van der Waals surface area (Å²) in [6.07, 6.45) is 5.07. The van der Waals surface area contributed by atoms with Gasteiger partial charge < -0.3 is 15.0 Å². The van der Waals surface area contributed by atoms with Crippen molar-refractivity contribution < 1.29 is 9.53 Å². The first kappa shape index (κ1) is 11.5. The van der Waals surface area contributed by atoms with Gasteiger partial charge in [0.15, 0.2) is 0 Å². The zero-order valence-corrected chi connectivity index (χ0v) is 10.5. The molecule has 3 saturated heterocycles. The Morgan fingerprint density at radius 1 is 1.29 bits per heavy atom. The van der Waals surface area contributed by atoms with E-state index < -0.39 is 0 Å². The zero-order chi connectivity index (χ0) is 11.8. The second-order valence-corrected chi connectivity index (χ2v) is 5.70. The van der Waals surface area contributed by atoms with Crippen LogP contribution in [0.25, 0.3) is 0 Å². The van der Waals surface area contributed by atoms with Crippen LogP contribution in [0.4, 0.5) is 0 Å². The van der Waals surface area contributed by atoms with Gasteiger partial charge in [-0.15, -0.1) is 0 Å². The molecular formula is C13H22N2O2. The normalized spacial score (nSPS) is 40.9. The first-order chi connectivity index (χ1) is 8.29. The lowest BCUT2D eigenvalue weighted by atomic mass is 9.68. The van der Waals surface area contributed by atoms with Gasteiger partial charge in [0.1, 0.15) is 0 Å². The Kier molecular flexibility index (Phi) is 3.09. The van der Waals surface area contributed by atoms with Gasteiger partial charge >= 0.3 is 0 Å². The van der Waals surface area contributed by atoms with Crippen molar-refractivity contribution in [1.82, 2.24) is 10.2 Å². The van der Waals surface area contributed by atoms with Gasteiger partial charge in [0.25, 0.3) is 0 Å². The number of hydrogen-bond donors (Lipinski definition) is 1. The lowest BCUT2D eigenvalue weighted by Crippen LogP contribution is -2.62. The summed E-state index contributed by atoms with van der Waals surface area (Å²) < 4.78 is 5.47. The van der Waals surface area contributed by atoms with Crippen LogP contribution in [-0.2, 0) is 9.53 Å². The minimum Gasteiger partial charge on any atom is -0.381 e. The largest absolute Gasteiger partial charge is 0.381 e. The van der Waals surface area contributed by atoms with Gasteiger partial charge in [-0.1, -0.05) is 6.42 Å². The number of methoxy groups -OCH3 is 1. The van der Waals surface area contributed by atoms with E-state index >= 15 is 0 Å². The molecule has 0 aromatic carbocycles. The average molecular weight is 238 g/mol. The molecule has 4 fully saturated rings. The maximum absolute atomic E-state index is 12.3. The highest BCUT2D eigenvalue weighted by atomic mass is 16.5. The maximum atomic E-state index is 12.3. The Labute approximate surface area is 103 Å². The number of nitrogens with zero attached hydrogens (tertiary/aromatic N) is 1. The molecule has 0 unspecified atom stereocenters. The number of hydrogen-bond acceptors (Lipinski definition) is 3. The minimum absolute atomic E-state index is 0.0854. The van der Waals surface area contributed by atoms with E-state index in [-0.39, 0.29) is 6.04 Å². The van der Waals surface area contributed by atoms with Crippen LogP contribution < -0.4 is 5.32 Å². The molecule has 3 atom stereocenters. The molecule has 4 heteroatoms. The summed E-state index contributed by atoms with van der Waals surface area (Å²) in [5.74, 6) is 1.51. The number of piperidine rings is 3. The fraction of sp³-hybridized carbons (Fsp3) is 0.923. The molecular weight excluding hydrogens is 216 g/mol. The molecule has 0 aromatic rings. The topological polar surface area (TPSA) is 41.6 Å². The van der Waals surface area contributed by atoms with Crippen LogP contribution in [0.5, 0.6) is 0 Å². The van der Waals surface area contributed by atoms with E-state index in [4.69, 9.17) is 4.74 Å². The Hall–Kier alpha value is -0.610. The van der Waals surface area contributed by atoms with Gasteiger partial charge in [0.05, 0.1) is 12.1 Å². The van der Waals surface area contributed by atoms with Gasteiger partial charge in [-0.2, -0.15) is 0 Å². The van der Waals surface area contributed by atoms with Gasteiger partial charge in [-0.25, -0.2) is 0 Å². The molecule has 3 aliphatic heterocycles. The average Bonchev–Trinajstić information content (AvgIpc) is 2.39. The Morgan fingerprint density at radius 3 is 2.65 bits per heavy atom. The van der Waals surface area contributed by atoms with Crippen molar-refractivity contribution in [1.29, 1.82) is 0 Å². The van der Waals surface area contributed by atoms with E-state index in [1.807, 2.05) is 0 Å². The molecule has 3 heterocycles. The molecule has 0 spiro atoms. The molecule has 4 rings (SSSR count). The number of carbonyl (C=O) groups is 1. The summed E-state index contributed by atoms with van der Waals surface area (Å²) in [6.45, 7) is 2.82. The molecule has 1 N–H and O–H groups in total. The van der Waals surface area contributed by atoms with Crippen LogP contribution in [0.2, 0.25) is 0 Å². The molecule has 1 amide bonds. The highest BCUT2D eigenvalue weighted by Gasteiger charge is 2.48. The Morgan fingerprint density at radius 2 is 2.06 bits per heavy atom. The first-order valence-corrected chi connectivity index (χ1v) is 6.84. The quantitative estimate of drug-likeness (QED) is 0.767. The predicted molar refractivity (Wildman–Crippen MR) is 64.6 cm³/mol. The number of carbonyl (C=O) groups excluding carboxylic acids is 1. The lowest BCUT2D eigenvalue weighted by Gasteiger charge is -2.53. The molecule has 4 aliphatic rings. The number of ether oxygens (including phenoxy) is 1. The summed E-state index contributed by atoms with van der Waals surface area (Å²) >= 11 is 0. The summed E-state index contributed by atoms with van der Waals surface area (Å²) in [5.41, 5.74) is 0. The molecule has 2 bridgehead atoms. The second kappa shape index (κ2) is 4.58. The SMILES string of the molecule is COC1[C@H]2C[C@H]1CN(C(=O)[C@@H]1CCCCN1)C2. The summed E-state index contributed by atoms with van der Waals surface area (Å²) in [5, 5.41) is 3.35. The third-order valence-electron chi connectivity index (χ3n) is 4.64. The lowest BCUT2D eigenvalue weighted by molar-refractivity contribution is -0.158. The van der Waals surface area contributed by atoms with E-state index in [9.17, 15) is 4.79 Å². The highest BCUT2D eigenvalue weighted by molar-refractivity contribution is 5.82. The Bertz CT molecular complexity index is 290. The van der Waals surface area contributed by atoms with Gasteiger partial charge in [-0.05, 0) is 25.8 Å². The van der Waals surface area contributed by atoms with Crippen molar-refractivity contribution in [3.8, 4) is 0 Å². The third-order valence-corrected chi connectivity index (χ3v) is 4.64.